The van der Waals surface area contributed by atoms with Crippen molar-refractivity contribution in [3.05, 3.63) is 0 Å². The molecule has 0 aromatic rings. The van der Waals surface area contributed by atoms with E-state index in [2.05, 4.69) is 10.3 Å². The number of aliphatic imine (C=N–C) groups is 1. The number of hydrogen-bond donors (Lipinski definition) is 2. The fourth-order valence-corrected chi connectivity index (χ4v) is 3.04. The lowest BCUT2D eigenvalue weighted by Crippen LogP contribution is -2.40. The molecule has 0 aromatic carbocycles. The van der Waals surface area contributed by atoms with Gasteiger partial charge in [0.2, 0.25) is 5.92 Å². The maximum absolute atomic E-state index is 12.6. The van der Waals surface area contributed by atoms with E-state index in [-0.39, 0.29) is 18.8 Å². The highest BCUT2D eigenvalue weighted by Crippen LogP contribution is 2.43. The van der Waals surface area contributed by atoms with E-state index in [0.717, 1.165) is 19.3 Å². The summed E-state index contributed by atoms with van der Waals surface area (Å²) in [5.74, 6) is -1.80. The molecule has 3 nitrogen and oxygen atoms in total. The van der Waals surface area contributed by atoms with Crippen LogP contribution in [0, 0.1) is 5.92 Å². The van der Waals surface area contributed by atoms with Gasteiger partial charge in [-0.3, -0.25) is 4.99 Å². The molecular formula is C14H25F2N3. The largest absolute Gasteiger partial charge is 0.370 e. The third-order valence-corrected chi connectivity index (χ3v) is 4.20. The van der Waals surface area contributed by atoms with Crippen LogP contribution in [0.15, 0.2) is 4.99 Å². The van der Waals surface area contributed by atoms with Crippen molar-refractivity contribution in [2.75, 3.05) is 6.54 Å². The number of rotatable bonds is 4. The predicted octanol–water partition coefficient (Wildman–Crippen LogP) is 3.05. The number of nitrogens with two attached hydrogens (primary N) is 1. The summed E-state index contributed by atoms with van der Waals surface area (Å²) in [5, 5.41) is 3.26. The molecule has 2 aliphatic carbocycles. The summed E-state index contributed by atoms with van der Waals surface area (Å²) in [6, 6.07) is 0.444. The number of guanidine groups is 1. The quantitative estimate of drug-likeness (QED) is 0.470. The Morgan fingerprint density at radius 2 is 1.79 bits per heavy atom. The van der Waals surface area contributed by atoms with E-state index in [9.17, 15) is 8.78 Å². The molecule has 2 fully saturated rings. The molecule has 110 valence electrons. The van der Waals surface area contributed by atoms with Gasteiger partial charge in [-0.2, -0.15) is 0 Å². The second-order valence-electron chi connectivity index (χ2n) is 6.02. The first-order valence-corrected chi connectivity index (χ1v) is 7.49. The average molecular weight is 273 g/mol. The third kappa shape index (κ3) is 4.96. The Labute approximate surface area is 114 Å². The van der Waals surface area contributed by atoms with Crippen LogP contribution >= 0.6 is 0 Å². The Morgan fingerprint density at radius 1 is 1.16 bits per heavy atom. The van der Waals surface area contributed by atoms with Crippen molar-refractivity contribution in [3.63, 3.8) is 0 Å². The molecule has 2 saturated carbocycles. The van der Waals surface area contributed by atoms with Crippen molar-refractivity contribution in [2.45, 2.75) is 69.8 Å². The van der Waals surface area contributed by atoms with Crippen molar-refractivity contribution in [3.8, 4) is 0 Å². The zero-order valence-corrected chi connectivity index (χ0v) is 11.5. The van der Waals surface area contributed by atoms with Crippen LogP contribution < -0.4 is 11.1 Å². The van der Waals surface area contributed by atoms with Gasteiger partial charge < -0.3 is 11.1 Å². The maximum atomic E-state index is 12.6. The fraction of sp³-hybridized carbons (Fsp3) is 0.929. The average Bonchev–Trinajstić information content (AvgIpc) is 2.55. The molecular weight excluding hydrogens is 248 g/mol. The summed E-state index contributed by atoms with van der Waals surface area (Å²) in [4.78, 5) is 4.26. The molecule has 0 saturated heterocycles. The van der Waals surface area contributed by atoms with Crippen LogP contribution in [0.1, 0.15) is 57.8 Å². The minimum atomic E-state index is -2.42. The Bertz CT molecular complexity index is 302. The van der Waals surface area contributed by atoms with E-state index in [1.807, 2.05) is 0 Å². The number of nitrogens with one attached hydrogen (secondary N) is 1. The van der Waals surface area contributed by atoms with Gasteiger partial charge >= 0.3 is 0 Å². The van der Waals surface area contributed by atoms with Gasteiger partial charge in [-0.05, 0) is 25.2 Å². The molecule has 0 radical (unpaired) electrons. The van der Waals surface area contributed by atoms with Crippen LogP contribution in [0.5, 0.6) is 0 Å². The molecule has 0 spiro atoms. The number of hydrogen-bond acceptors (Lipinski definition) is 1. The van der Waals surface area contributed by atoms with Crippen molar-refractivity contribution < 1.29 is 8.78 Å². The molecule has 5 heteroatoms. The number of alkyl halides is 2. The molecule has 0 atom stereocenters. The zero-order chi connectivity index (χ0) is 13.7. The van der Waals surface area contributed by atoms with E-state index in [1.165, 1.54) is 25.7 Å². The number of halogens is 2. The van der Waals surface area contributed by atoms with Gasteiger partial charge in [0.25, 0.3) is 0 Å². The van der Waals surface area contributed by atoms with Crippen LogP contribution in [0.25, 0.3) is 0 Å². The van der Waals surface area contributed by atoms with Gasteiger partial charge in [-0.25, -0.2) is 8.78 Å². The summed E-state index contributed by atoms with van der Waals surface area (Å²) < 4.78 is 25.3. The minimum Gasteiger partial charge on any atom is -0.370 e. The van der Waals surface area contributed by atoms with Crippen molar-refractivity contribution in [2.24, 2.45) is 16.6 Å². The van der Waals surface area contributed by atoms with Gasteiger partial charge in [-0.1, -0.05) is 25.7 Å². The third-order valence-electron chi connectivity index (χ3n) is 4.20. The first kappa shape index (κ1) is 14.5. The highest BCUT2D eigenvalue weighted by atomic mass is 19.3. The van der Waals surface area contributed by atoms with E-state index >= 15 is 0 Å². The highest BCUT2D eigenvalue weighted by Gasteiger charge is 2.44. The van der Waals surface area contributed by atoms with Crippen LogP contribution in [-0.2, 0) is 0 Å². The van der Waals surface area contributed by atoms with Crippen molar-refractivity contribution in [1.82, 2.24) is 5.32 Å². The van der Waals surface area contributed by atoms with Gasteiger partial charge in [0.05, 0.1) is 0 Å². The molecule has 19 heavy (non-hydrogen) atoms. The second-order valence-corrected chi connectivity index (χ2v) is 6.02. The molecule has 0 heterocycles. The van der Waals surface area contributed by atoms with Crippen LogP contribution in [-0.4, -0.2) is 24.5 Å². The lowest BCUT2D eigenvalue weighted by atomic mass is 9.79. The van der Waals surface area contributed by atoms with E-state index < -0.39 is 5.92 Å². The van der Waals surface area contributed by atoms with E-state index in [4.69, 9.17) is 5.73 Å². The predicted molar refractivity (Wildman–Crippen MR) is 73.4 cm³/mol. The van der Waals surface area contributed by atoms with Gasteiger partial charge in [0.1, 0.15) is 0 Å². The minimum absolute atomic E-state index is 0.0263. The van der Waals surface area contributed by atoms with Crippen LogP contribution in [0.4, 0.5) is 8.78 Å². The SMILES string of the molecule is NC(=NCCC1CC(F)(F)C1)NC1CCCCCC1. The summed E-state index contributed by atoms with van der Waals surface area (Å²) in [5.41, 5.74) is 5.85. The Hall–Kier alpha value is -0.870. The zero-order valence-electron chi connectivity index (χ0n) is 11.5. The topological polar surface area (TPSA) is 50.4 Å². The second kappa shape index (κ2) is 6.53. The lowest BCUT2D eigenvalue weighted by Gasteiger charge is -2.34. The smallest absolute Gasteiger partial charge is 0.248 e. The van der Waals surface area contributed by atoms with E-state index in [0.29, 0.717) is 18.5 Å². The first-order valence-electron chi connectivity index (χ1n) is 7.49. The lowest BCUT2D eigenvalue weighted by molar-refractivity contribution is -0.111. The molecule has 0 bridgehead atoms. The highest BCUT2D eigenvalue weighted by molar-refractivity contribution is 5.78. The maximum Gasteiger partial charge on any atom is 0.248 e. The summed E-state index contributed by atoms with van der Waals surface area (Å²) in [6.45, 7) is 0.562. The fourth-order valence-electron chi connectivity index (χ4n) is 3.04. The molecule has 0 aliphatic heterocycles. The molecule has 0 unspecified atom stereocenters. The molecule has 2 rings (SSSR count). The first-order chi connectivity index (χ1) is 9.05. The van der Waals surface area contributed by atoms with E-state index in [1.54, 1.807) is 0 Å². The van der Waals surface area contributed by atoms with Crippen molar-refractivity contribution in [1.29, 1.82) is 0 Å². The summed E-state index contributed by atoms with van der Waals surface area (Å²) in [6.07, 6.45) is 8.22. The molecule has 2 aliphatic rings. The van der Waals surface area contributed by atoms with Crippen LogP contribution in [0.2, 0.25) is 0 Å². The van der Waals surface area contributed by atoms with Gasteiger partial charge in [0.15, 0.2) is 5.96 Å². The molecule has 0 aromatic heterocycles. The van der Waals surface area contributed by atoms with Crippen LogP contribution in [0.3, 0.4) is 0 Å². The summed E-state index contributed by atoms with van der Waals surface area (Å²) >= 11 is 0. The summed E-state index contributed by atoms with van der Waals surface area (Å²) in [7, 11) is 0. The Balaban J connectivity index is 1.62. The Kier molecular flexibility index (Phi) is 4.99. The van der Waals surface area contributed by atoms with Gasteiger partial charge in [-0.15, -0.1) is 0 Å². The normalized spacial score (nSPS) is 25.7. The Morgan fingerprint density at radius 3 is 2.37 bits per heavy atom. The standard InChI is InChI=1S/C14H25F2N3/c15-14(16)9-11(10-14)7-8-18-13(17)19-12-5-3-1-2-4-6-12/h11-12H,1-10H2,(H3,17,18,19). The van der Waals surface area contributed by atoms with Crippen molar-refractivity contribution >= 4 is 5.96 Å². The van der Waals surface area contributed by atoms with Gasteiger partial charge in [0, 0.05) is 25.4 Å². The number of nitrogens with zero attached hydrogens (tertiary/aromatic N) is 1. The molecule has 3 N–H and O–H groups in total. The monoisotopic (exact) mass is 273 g/mol. The molecule has 0 amide bonds.